The van der Waals surface area contributed by atoms with E-state index in [4.69, 9.17) is 5.26 Å². The number of methoxy groups -OCH3 is 1. The van der Waals surface area contributed by atoms with Crippen LogP contribution in [0, 0.1) is 11.5 Å². The largest absolute Gasteiger partial charge is 0.405 e. The van der Waals surface area contributed by atoms with Crippen LogP contribution < -0.4 is 10.6 Å². The lowest BCUT2D eigenvalue weighted by atomic mass is 10.9. The second-order valence-electron chi connectivity index (χ2n) is 1.50. The Labute approximate surface area is 64.1 Å². The molecule has 11 heavy (non-hydrogen) atoms. The van der Waals surface area contributed by atoms with Gasteiger partial charge in [0.2, 0.25) is 0 Å². The Balaban J connectivity index is 3.17. The third-order valence-electron chi connectivity index (χ3n) is 0.747. The molecule has 0 unspecified atom stereocenters. The Bertz CT molecular complexity index is 154. The minimum atomic E-state index is -0.442. The van der Waals surface area contributed by atoms with Crippen molar-refractivity contribution in [2.75, 3.05) is 20.6 Å². The van der Waals surface area contributed by atoms with Gasteiger partial charge in [0, 0.05) is 7.11 Å². The van der Waals surface area contributed by atoms with Crippen LogP contribution in [0.1, 0.15) is 0 Å². The Morgan fingerprint density at radius 2 is 2.18 bits per heavy atom. The minimum Gasteiger partial charge on any atom is -0.405 e. The van der Waals surface area contributed by atoms with Crippen molar-refractivity contribution >= 4 is 6.03 Å². The molecule has 0 heterocycles. The number of ether oxygens (including phenoxy) is 2. The second kappa shape index (κ2) is 6.64. The molecular weight excluding hydrogens is 150 g/mol. The molecule has 0 aromatic rings. The maximum atomic E-state index is 10.6. The van der Waals surface area contributed by atoms with Gasteiger partial charge >= 0.3 is 6.03 Å². The summed E-state index contributed by atoms with van der Waals surface area (Å²) in [6.07, 6.45) is 1.41. The fourth-order valence-electron chi connectivity index (χ4n) is 0.334. The van der Waals surface area contributed by atoms with E-state index in [-0.39, 0.29) is 13.5 Å². The van der Waals surface area contributed by atoms with Crippen molar-refractivity contribution in [2.24, 2.45) is 0 Å². The summed E-state index contributed by atoms with van der Waals surface area (Å²) in [5, 5.41) is 12.5. The number of hydrogen-bond acceptors (Lipinski definition) is 4. The number of carbonyl (C=O) groups excluding carboxylic acids is 1. The first-order chi connectivity index (χ1) is 5.31. The molecule has 0 aliphatic carbocycles. The monoisotopic (exact) mass is 159 g/mol. The number of hydrogen-bond donors (Lipinski definition) is 2. The standard InChI is InChI=1S/C5H9N3O3/c1-10-3-7-5(9)8-4-11-2-6/h3-4H2,1H3,(H2,7,8,9). The molecule has 2 N–H and O–H groups in total. The first kappa shape index (κ1) is 9.52. The van der Waals surface area contributed by atoms with Crippen LogP contribution in [0.2, 0.25) is 0 Å². The zero-order chi connectivity index (χ0) is 8.53. The van der Waals surface area contributed by atoms with Crippen LogP contribution in [0.4, 0.5) is 4.79 Å². The van der Waals surface area contributed by atoms with Crippen LogP contribution >= 0.6 is 0 Å². The van der Waals surface area contributed by atoms with E-state index >= 15 is 0 Å². The molecule has 6 heteroatoms. The number of nitrogens with one attached hydrogen (secondary N) is 2. The SMILES string of the molecule is COCNC(=O)NCOC#N. The first-order valence-corrected chi connectivity index (χ1v) is 2.82. The van der Waals surface area contributed by atoms with Crippen molar-refractivity contribution in [2.45, 2.75) is 0 Å². The quantitative estimate of drug-likeness (QED) is 0.324. The predicted octanol–water partition coefficient (Wildman–Crippen LogP) is -0.655. The average molecular weight is 159 g/mol. The zero-order valence-corrected chi connectivity index (χ0v) is 6.09. The number of urea groups is 1. The Kier molecular flexibility index (Phi) is 5.74. The molecule has 0 rings (SSSR count). The van der Waals surface area contributed by atoms with Gasteiger partial charge in [-0.2, -0.15) is 5.26 Å². The fraction of sp³-hybridized carbons (Fsp3) is 0.600. The number of nitrogens with zero attached hydrogens (tertiary/aromatic N) is 1. The van der Waals surface area contributed by atoms with Crippen molar-refractivity contribution in [1.29, 1.82) is 5.26 Å². The van der Waals surface area contributed by atoms with Gasteiger partial charge in [0.15, 0.2) is 6.73 Å². The van der Waals surface area contributed by atoms with Gasteiger partial charge in [-0.3, -0.25) is 0 Å². The van der Waals surface area contributed by atoms with Crippen LogP contribution in [0.15, 0.2) is 0 Å². The van der Waals surface area contributed by atoms with Crippen molar-refractivity contribution in [3.8, 4) is 6.26 Å². The summed E-state index contributed by atoms with van der Waals surface area (Å²) in [4.78, 5) is 10.6. The highest BCUT2D eigenvalue weighted by Gasteiger charge is 1.95. The van der Waals surface area contributed by atoms with E-state index in [1.54, 1.807) is 0 Å². The molecule has 0 saturated heterocycles. The van der Waals surface area contributed by atoms with E-state index < -0.39 is 6.03 Å². The summed E-state index contributed by atoms with van der Waals surface area (Å²) >= 11 is 0. The molecule has 0 spiro atoms. The van der Waals surface area contributed by atoms with E-state index in [0.29, 0.717) is 0 Å². The van der Waals surface area contributed by atoms with Gasteiger partial charge < -0.3 is 20.1 Å². The molecule has 0 saturated carbocycles. The highest BCUT2D eigenvalue weighted by molar-refractivity contribution is 5.73. The second-order valence-corrected chi connectivity index (χ2v) is 1.50. The molecule has 62 valence electrons. The lowest BCUT2D eigenvalue weighted by molar-refractivity contribution is 0.166. The van der Waals surface area contributed by atoms with Gasteiger partial charge in [0.25, 0.3) is 6.26 Å². The Morgan fingerprint density at radius 1 is 1.55 bits per heavy atom. The van der Waals surface area contributed by atoms with E-state index in [9.17, 15) is 4.79 Å². The predicted molar refractivity (Wildman–Crippen MR) is 35.1 cm³/mol. The summed E-state index contributed by atoms with van der Waals surface area (Å²) in [6.45, 7) is -0.00949. The van der Waals surface area contributed by atoms with Gasteiger partial charge in [-0.15, -0.1) is 0 Å². The normalized spacial score (nSPS) is 8.00. The molecule has 0 aliphatic rings. The number of rotatable bonds is 4. The number of nitriles is 1. The highest BCUT2D eigenvalue weighted by Crippen LogP contribution is 1.67. The van der Waals surface area contributed by atoms with Crippen LogP contribution in [-0.2, 0) is 9.47 Å². The molecule has 0 bridgehead atoms. The van der Waals surface area contributed by atoms with Gasteiger partial charge in [-0.05, 0) is 0 Å². The third kappa shape index (κ3) is 6.40. The molecule has 0 aromatic heterocycles. The minimum absolute atomic E-state index is 0.123. The summed E-state index contributed by atoms with van der Waals surface area (Å²) in [5.41, 5.74) is 0. The molecule has 0 fully saturated rings. The lowest BCUT2D eigenvalue weighted by Gasteiger charge is -2.03. The van der Waals surface area contributed by atoms with E-state index in [1.807, 2.05) is 0 Å². The van der Waals surface area contributed by atoms with Crippen molar-refractivity contribution in [1.82, 2.24) is 10.6 Å². The summed E-state index contributed by atoms with van der Waals surface area (Å²) in [7, 11) is 1.45. The van der Waals surface area contributed by atoms with Crippen LogP contribution in [0.5, 0.6) is 0 Å². The van der Waals surface area contributed by atoms with Gasteiger partial charge in [-0.1, -0.05) is 0 Å². The summed E-state index contributed by atoms with van der Waals surface area (Å²) in [6, 6.07) is -0.442. The zero-order valence-electron chi connectivity index (χ0n) is 6.09. The molecule has 0 aromatic carbocycles. The van der Waals surface area contributed by atoms with Crippen molar-refractivity contribution in [3.63, 3.8) is 0 Å². The van der Waals surface area contributed by atoms with Gasteiger partial charge in [-0.25, -0.2) is 4.79 Å². The molecular formula is C5H9N3O3. The van der Waals surface area contributed by atoms with Crippen molar-refractivity contribution < 1.29 is 14.3 Å². The van der Waals surface area contributed by atoms with E-state index in [0.717, 1.165) is 0 Å². The van der Waals surface area contributed by atoms with Crippen molar-refractivity contribution in [3.05, 3.63) is 0 Å². The van der Waals surface area contributed by atoms with E-state index in [1.165, 1.54) is 13.4 Å². The topological polar surface area (TPSA) is 83.4 Å². The molecule has 6 nitrogen and oxygen atoms in total. The van der Waals surface area contributed by atoms with Gasteiger partial charge in [0.1, 0.15) is 6.73 Å². The maximum Gasteiger partial charge on any atom is 0.319 e. The van der Waals surface area contributed by atoms with Crippen LogP contribution in [0.3, 0.4) is 0 Å². The third-order valence-corrected chi connectivity index (χ3v) is 0.747. The summed E-state index contributed by atoms with van der Waals surface area (Å²) < 4.78 is 8.72. The maximum absolute atomic E-state index is 10.6. The number of carbonyl (C=O) groups is 1. The molecule has 0 atom stereocenters. The molecule has 0 aliphatic heterocycles. The molecule has 0 radical (unpaired) electrons. The lowest BCUT2D eigenvalue weighted by Crippen LogP contribution is -2.37. The summed E-state index contributed by atoms with van der Waals surface area (Å²) in [5.74, 6) is 0. The van der Waals surface area contributed by atoms with Gasteiger partial charge in [0.05, 0.1) is 0 Å². The average Bonchev–Trinajstić information content (AvgIpc) is 2.01. The smallest absolute Gasteiger partial charge is 0.319 e. The Hall–Kier alpha value is -1.48. The molecule has 2 amide bonds. The fourth-order valence-corrected chi connectivity index (χ4v) is 0.334. The highest BCUT2D eigenvalue weighted by atomic mass is 16.5. The van der Waals surface area contributed by atoms with E-state index in [2.05, 4.69) is 20.1 Å². The van der Waals surface area contributed by atoms with Crippen LogP contribution in [0.25, 0.3) is 0 Å². The first-order valence-electron chi connectivity index (χ1n) is 2.82. The van der Waals surface area contributed by atoms with Crippen LogP contribution in [-0.4, -0.2) is 26.6 Å². The number of amides is 2. The Morgan fingerprint density at radius 3 is 2.73 bits per heavy atom.